The molecule has 0 saturated heterocycles. The third kappa shape index (κ3) is 3.43. The molecule has 0 aliphatic carbocycles. The molecule has 0 spiro atoms. The summed E-state index contributed by atoms with van der Waals surface area (Å²) >= 11 is 0. The number of aliphatic imine (C=N–C) groups is 1. The van der Waals surface area contributed by atoms with Gasteiger partial charge in [-0.25, -0.2) is 8.78 Å². The second-order valence-corrected chi connectivity index (χ2v) is 7.27. The van der Waals surface area contributed by atoms with Crippen molar-refractivity contribution in [2.45, 2.75) is 31.3 Å². The predicted octanol–water partition coefficient (Wildman–Crippen LogP) is 4.69. The number of hydrogen-bond acceptors (Lipinski definition) is 4. The van der Waals surface area contributed by atoms with Crippen LogP contribution in [-0.4, -0.2) is 16.9 Å². The molecule has 4 nitrogen and oxygen atoms in total. The van der Waals surface area contributed by atoms with Crippen LogP contribution in [0.25, 0.3) is 0 Å². The Morgan fingerprint density at radius 3 is 2.13 bits per heavy atom. The van der Waals surface area contributed by atoms with Gasteiger partial charge in [-0.15, -0.1) is 0 Å². The number of pyridine rings is 1. The van der Waals surface area contributed by atoms with Gasteiger partial charge < -0.3 is 5.32 Å². The van der Waals surface area contributed by atoms with Gasteiger partial charge in [0.2, 0.25) is 0 Å². The second-order valence-electron chi connectivity index (χ2n) is 7.27. The summed E-state index contributed by atoms with van der Waals surface area (Å²) in [5.74, 6) is -0.107. The molecule has 0 radical (unpaired) electrons. The van der Waals surface area contributed by atoms with E-state index in [4.69, 9.17) is 4.99 Å². The van der Waals surface area contributed by atoms with Gasteiger partial charge in [0.05, 0.1) is 17.7 Å². The minimum atomic E-state index is -0.808. The fourth-order valence-electron chi connectivity index (χ4n) is 3.99. The van der Waals surface area contributed by atoms with E-state index in [1.165, 1.54) is 24.3 Å². The van der Waals surface area contributed by atoms with Crippen LogP contribution < -0.4 is 5.32 Å². The Bertz CT molecular complexity index is 1070. The Morgan fingerprint density at radius 1 is 1.00 bits per heavy atom. The first-order valence-corrected chi connectivity index (χ1v) is 9.81. The van der Waals surface area contributed by atoms with E-state index in [1.54, 1.807) is 42.6 Å². The Hall–Kier alpha value is -3.59. The number of nitrogens with zero attached hydrogens (tertiary/aromatic N) is 3. The molecule has 0 amide bonds. The Kier molecular flexibility index (Phi) is 5.28. The lowest BCUT2D eigenvalue weighted by Crippen LogP contribution is -2.49. The van der Waals surface area contributed by atoms with Crippen LogP contribution in [0.4, 0.5) is 8.78 Å². The Morgan fingerprint density at radius 2 is 1.60 bits per heavy atom. The summed E-state index contributed by atoms with van der Waals surface area (Å²) < 4.78 is 27.4. The number of nitrogens with one attached hydrogen (secondary N) is 1. The van der Waals surface area contributed by atoms with Crippen molar-refractivity contribution in [3.8, 4) is 6.07 Å². The number of aromatic nitrogens is 1. The van der Waals surface area contributed by atoms with E-state index in [1.807, 2.05) is 0 Å². The van der Waals surface area contributed by atoms with Crippen LogP contribution >= 0.6 is 0 Å². The summed E-state index contributed by atoms with van der Waals surface area (Å²) in [5.41, 5.74) is 1.88. The molecule has 1 aromatic heterocycles. The predicted molar refractivity (Wildman–Crippen MR) is 111 cm³/mol. The molecule has 1 atom stereocenters. The van der Waals surface area contributed by atoms with Gasteiger partial charge >= 0.3 is 0 Å². The molecule has 0 fully saturated rings. The zero-order chi connectivity index (χ0) is 21.1. The lowest BCUT2D eigenvalue weighted by molar-refractivity contribution is 0.389. The van der Waals surface area contributed by atoms with Gasteiger partial charge in [-0.3, -0.25) is 9.98 Å². The monoisotopic (exact) mass is 402 g/mol. The van der Waals surface area contributed by atoms with Crippen molar-refractivity contribution in [1.82, 2.24) is 10.3 Å². The van der Waals surface area contributed by atoms with Crippen LogP contribution in [0.3, 0.4) is 0 Å². The van der Waals surface area contributed by atoms with E-state index < -0.39 is 5.54 Å². The second kappa shape index (κ2) is 8.03. The summed E-state index contributed by atoms with van der Waals surface area (Å²) in [6.45, 7) is 2.07. The van der Waals surface area contributed by atoms with Crippen LogP contribution in [0.1, 0.15) is 42.1 Å². The Labute approximate surface area is 173 Å². The van der Waals surface area contributed by atoms with Crippen molar-refractivity contribution < 1.29 is 8.78 Å². The summed E-state index contributed by atoms with van der Waals surface area (Å²) in [6.07, 6.45) is 3.20. The topological polar surface area (TPSA) is 61.1 Å². The summed E-state index contributed by atoms with van der Waals surface area (Å²) in [7, 11) is 0. The highest BCUT2D eigenvalue weighted by atomic mass is 19.1. The van der Waals surface area contributed by atoms with Gasteiger partial charge in [-0.1, -0.05) is 37.6 Å². The number of hydrogen-bond donors (Lipinski definition) is 1. The van der Waals surface area contributed by atoms with E-state index in [0.717, 1.165) is 24.0 Å². The number of rotatable bonds is 5. The molecule has 150 valence electrons. The highest BCUT2D eigenvalue weighted by molar-refractivity contribution is 6.00. The fourth-order valence-corrected chi connectivity index (χ4v) is 3.99. The molecule has 1 aliphatic heterocycles. The first kappa shape index (κ1) is 19.7. The van der Waals surface area contributed by atoms with Crippen LogP contribution in [-0.2, 0) is 5.54 Å². The van der Waals surface area contributed by atoms with Crippen molar-refractivity contribution in [2.24, 2.45) is 4.99 Å². The third-order valence-corrected chi connectivity index (χ3v) is 5.39. The number of benzene rings is 2. The standard InChI is InChI=1S/C24H20F2N4/c1-2-3-22-24(17-4-8-19(25)9-5-17,18-6-10-20(26)11-7-18)30-23(29-22)21-14-16(15-27)12-13-28-21/h4-14,22H,2-3H2,1H3,(H,29,30)/t22-/m0/s1. The molecule has 0 bridgehead atoms. The quantitative estimate of drug-likeness (QED) is 0.673. The molecule has 4 rings (SSSR count). The molecule has 0 unspecified atom stereocenters. The normalized spacial score (nSPS) is 17.1. The number of amidine groups is 1. The van der Waals surface area contributed by atoms with Crippen LogP contribution in [0.2, 0.25) is 0 Å². The molecule has 6 heteroatoms. The Balaban J connectivity index is 1.89. The minimum Gasteiger partial charge on any atom is -0.353 e. The molecule has 2 heterocycles. The van der Waals surface area contributed by atoms with Gasteiger partial charge in [0.1, 0.15) is 28.7 Å². The zero-order valence-corrected chi connectivity index (χ0v) is 16.4. The summed E-state index contributed by atoms with van der Waals surface area (Å²) in [4.78, 5) is 9.30. The zero-order valence-electron chi connectivity index (χ0n) is 16.4. The molecule has 1 aliphatic rings. The van der Waals surface area contributed by atoms with E-state index in [2.05, 4.69) is 23.3 Å². The third-order valence-electron chi connectivity index (χ3n) is 5.39. The fraction of sp³-hybridized carbons (Fsp3) is 0.208. The van der Waals surface area contributed by atoms with Gasteiger partial charge in [0, 0.05) is 6.20 Å². The van der Waals surface area contributed by atoms with Crippen molar-refractivity contribution >= 4 is 5.84 Å². The van der Waals surface area contributed by atoms with E-state index in [-0.39, 0.29) is 17.7 Å². The van der Waals surface area contributed by atoms with Crippen molar-refractivity contribution in [3.05, 3.63) is 101 Å². The molecule has 1 N–H and O–H groups in total. The minimum absolute atomic E-state index is 0.221. The molecular formula is C24H20F2N4. The highest BCUT2D eigenvalue weighted by Crippen LogP contribution is 2.40. The first-order chi connectivity index (χ1) is 14.6. The van der Waals surface area contributed by atoms with Crippen molar-refractivity contribution in [3.63, 3.8) is 0 Å². The maximum atomic E-state index is 13.7. The van der Waals surface area contributed by atoms with E-state index in [0.29, 0.717) is 17.1 Å². The first-order valence-electron chi connectivity index (χ1n) is 9.81. The molecular weight excluding hydrogens is 382 g/mol. The SMILES string of the molecule is CCC[C@@H]1N=C(c2cc(C#N)ccn2)NC1(c1ccc(F)cc1)c1ccc(F)cc1. The average molecular weight is 402 g/mol. The summed E-state index contributed by atoms with van der Waals surface area (Å²) in [5, 5.41) is 12.8. The van der Waals surface area contributed by atoms with Crippen LogP contribution in [0, 0.1) is 23.0 Å². The number of halogens is 2. The van der Waals surface area contributed by atoms with E-state index >= 15 is 0 Å². The van der Waals surface area contributed by atoms with Gasteiger partial charge in [-0.2, -0.15) is 5.26 Å². The largest absolute Gasteiger partial charge is 0.353 e. The maximum absolute atomic E-state index is 13.7. The van der Waals surface area contributed by atoms with Crippen molar-refractivity contribution in [1.29, 1.82) is 5.26 Å². The number of nitriles is 1. The lowest BCUT2D eigenvalue weighted by Gasteiger charge is -2.36. The highest BCUT2D eigenvalue weighted by Gasteiger charge is 2.47. The van der Waals surface area contributed by atoms with Crippen LogP contribution in [0.15, 0.2) is 71.9 Å². The van der Waals surface area contributed by atoms with E-state index in [9.17, 15) is 14.0 Å². The average Bonchev–Trinajstić information content (AvgIpc) is 3.15. The van der Waals surface area contributed by atoms with Gasteiger partial charge in [-0.05, 0) is 53.9 Å². The maximum Gasteiger partial charge on any atom is 0.148 e. The van der Waals surface area contributed by atoms with Gasteiger partial charge in [0.25, 0.3) is 0 Å². The van der Waals surface area contributed by atoms with Gasteiger partial charge in [0.15, 0.2) is 0 Å². The smallest absolute Gasteiger partial charge is 0.148 e. The molecule has 30 heavy (non-hydrogen) atoms. The lowest BCUT2D eigenvalue weighted by atomic mass is 9.76. The molecule has 0 saturated carbocycles. The van der Waals surface area contributed by atoms with Crippen molar-refractivity contribution in [2.75, 3.05) is 0 Å². The molecule has 3 aromatic rings. The summed E-state index contributed by atoms with van der Waals surface area (Å²) in [6, 6.07) is 17.8. The van der Waals surface area contributed by atoms with Crippen LogP contribution in [0.5, 0.6) is 0 Å². The molecule has 2 aromatic carbocycles.